The second-order valence-corrected chi connectivity index (χ2v) is 4.87. The first-order chi connectivity index (χ1) is 9.11. The van der Waals surface area contributed by atoms with Gasteiger partial charge in [0.15, 0.2) is 5.75 Å². The molecule has 0 aliphatic carbocycles. The zero-order chi connectivity index (χ0) is 13.8. The summed E-state index contributed by atoms with van der Waals surface area (Å²) in [4.78, 5) is 11.9. The van der Waals surface area contributed by atoms with Gasteiger partial charge in [0.05, 0.1) is 16.7 Å². The van der Waals surface area contributed by atoms with E-state index in [1.54, 1.807) is 0 Å². The van der Waals surface area contributed by atoms with Gasteiger partial charge in [0, 0.05) is 17.1 Å². The molecule has 0 bridgehead atoms. The van der Waals surface area contributed by atoms with Crippen molar-refractivity contribution in [3.05, 3.63) is 27.7 Å². The average molecular weight is 319 g/mol. The van der Waals surface area contributed by atoms with Crippen molar-refractivity contribution < 1.29 is 9.53 Å². The molecule has 1 heterocycles. The number of nitrogens with one attached hydrogen (secondary N) is 1. The monoisotopic (exact) mass is 318 g/mol. The van der Waals surface area contributed by atoms with E-state index in [-0.39, 0.29) is 10.0 Å². The Morgan fingerprint density at radius 3 is 2.63 bits per heavy atom. The summed E-state index contributed by atoms with van der Waals surface area (Å²) in [5, 5.41) is 10.4. The number of carbonyl (C=O) groups is 1. The highest BCUT2D eigenvalue weighted by Crippen LogP contribution is 2.34. The Kier molecular flexibility index (Phi) is 4.52. The van der Waals surface area contributed by atoms with Crippen LogP contribution in [0.3, 0.4) is 0 Å². The fourth-order valence-electron chi connectivity index (χ4n) is 1.32. The van der Waals surface area contributed by atoms with Gasteiger partial charge in [-0.2, -0.15) is 0 Å². The second kappa shape index (κ2) is 6.14. The van der Waals surface area contributed by atoms with Crippen molar-refractivity contribution in [2.24, 2.45) is 0 Å². The number of nitrogens with zero attached hydrogens (tertiary/aromatic N) is 3. The minimum atomic E-state index is -0.398. The summed E-state index contributed by atoms with van der Waals surface area (Å²) < 4.78 is 8.82. The summed E-state index contributed by atoms with van der Waals surface area (Å²) in [6, 6.07) is 2.95. The van der Waals surface area contributed by atoms with Crippen LogP contribution in [-0.2, 0) is 0 Å². The third-order valence-electron chi connectivity index (χ3n) is 2.07. The lowest BCUT2D eigenvalue weighted by molar-refractivity contribution is 0.102. The van der Waals surface area contributed by atoms with Gasteiger partial charge in [0.2, 0.25) is 5.13 Å². The number of rotatable bonds is 4. The van der Waals surface area contributed by atoms with E-state index in [0.717, 1.165) is 11.5 Å². The average Bonchev–Trinajstić information content (AvgIpc) is 2.86. The number of ether oxygens (including phenoxy) is 1. The highest BCUT2D eigenvalue weighted by Gasteiger charge is 2.15. The van der Waals surface area contributed by atoms with Gasteiger partial charge in [-0.3, -0.25) is 10.1 Å². The molecular formula is C10H8Cl2N4O2S. The van der Waals surface area contributed by atoms with Crippen molar-refractivity contribution in [1.82, 2.24) is 14.8 Å². The zero-order valence-electron chi connectivity index (χ0n) is 9.68. The molecule has 2 rings (SSSR count). The summed E-state index contributed by atoms with van der Waals surface area (Å²) in [5.74, 6) is -0.0367. The van der Waals surface area contributed by atoms with Gasteiger partial charge in [-0.05, 0) is 24.3 Å². The van der Waals surface area contributed by atoms with E-state index in [2.05, 4.69) is 20.1 Å². The molecule has 0 radical (unpaired) electrons. The third-order valence-corrected chi connectivity index (χ3v) is 3.14. The van der Waals surface area contributed by atoms with Gasteiger partial charge in [0.25, 0.3) is 5.91 Å². The fourth-order valence-corrected chi connectivity index (χ4v) is 2.28. The number of halogens is 2. The van der Waals surface area contributed by atoms with Crippen LogP contribution in [0.25, 0.3) is 0 Å². The number of amides is 1. The Bertz CT molecular complexity index is 568. The maximum atomic E-state index is 11.9. The van der Waals surface area contributed by atoms with E-state index in [0.29, 0.717) is 23.1 Å². The first-order valence-corrected chi connectivity index (χ1v) is 6.73. The SMILES string of the molecule is CCOc1c(Cl)cc(C(=O)Nc2nnns2)cc1Cl. The van der Waals surface area contributed by atoms with E-state index >= 15 is 0 Å². The van der Waals surface area contributed by atoms with Crippen molar-refractivity contribution in [2.45, 2.75) is 6.92 Å². The van der Waals surface area contributed by atoms with Crippen LogP contribution in [-0.4, -0.2) is 27.3 Å². The molecule has 0 spiro atoms. The number of anilines is 1. The molecule has 0 saturated heterocycles. The van der Waals surface area contributed by atoms with Gasteiger partial charge < -0.3 is 4.74 Å². The van der Waals surface area contributed by atoms with E-state index in [1.807, 2.05) is 6.92 Å². The third kappa shape index (κ3) is 3.31. The quantitative estimate of drug-likeness (QED) is 0.937. The van der Waals surface area contributed by atoms with Crippen LogP contribution in [0.2, 0.25) is 10.0 Å². The normalized spacial score (nSPS) is 10.3. The molecule has 0 saturated carbocycles. The van der Waals surface area contributed by atoms with Crippen molar-refractivity contribution in [3.63, 3.8) is 0 Å². The van der Waals surface area contributed by atoms with Crippen LogP contribution >= 0.6 is 34.7 Å². The molecular weight excluding hydrogens is 311 g/mol. The lowest BCUT2D eigenvalue weighted by Gasteiger charge is -2.09. The minimum Gasteiger partial charge on any atom is -0.491 e. The minimum absolute atomic E-state index is 0.273. The zero-order valence-corrected chi connectivity index (χ0v) is 12.0. The molecule has 1 aromatic carbocycles. The van der Waals surface area contributed by atoms with Crippen LogP contribution in [0.15, 0.2) is 12.1 Å². The van der Waals surface area contributed by atoms with Crippen molar-refractivity contribution in [3.8, 4) is 5.75 Å². The summed E-state index contributed by atoms with van der Waals surface area (Å²) in [7, 11) is 0. The summed E-state index contributed by atoms with van der Waals surface area (Å²) in [6.45, 7) is 2.25. The standard InChI is InChI=1S/C10H8Cl2N4O2S/c1-2-18-8-6(11)3-5(4-7(8)12)9(17)13-10-14-15-16-19-10/h3-4H,2H2,1H3,(H,13,14,16,17). The van der Waals surface area contributed by atoms with Crippen molar-refractivity contribution >= 4 is 45.8 Å². The lowest BCUT2D eigenvalue weighted by Crippen LogP contribution is -2.12. The smallest absolute Gasteiger partial charge is 0.257 e. The first kappa shape index (κ1) is 14.0. The molecule has 0 unspecified atom stereocenters. The fraction of sp³-hybridized carbons (Fsp3) is 0.200. The largest absolute Gasteiger partial charge is 0.491 e. The van der Waals surface area contributed by atoms with Crippen LogP contribution in [0.5, 0.6) is 5.75 Å². The molecule has 19 heavy (non-hydrogen) atoms. The highest BCUT2D eigenvalue weighted by atomic mass is 35.5. The Morgan fingerprint density at radius 1 is 1.42 bits per heavy atom. The van der Waals surface area contributed by atoms with Crippen molar-refractivity contribution in [2.75, 3.05) is 11.9 Å². The molecule has 6 nitrogen and oxygen atoms in total. The van der Waals surface area contributed by atoms with Gasteiger partial charge >= 0.3 is 0 Å². The van der Waals surface area contributed by atoms with Crippen LogP contribution < -0.4 is 10.1 Å². The Labute approximate surface area is 122 Å². The Hall–Kier alpha value is -1.44. The van der Waals surface area contributed by atoms with E-state index in [4.69, 9.17) is 27.9 Å². The second-order valence-electron chi connectivity index (χ2n) is 3.32. The number of benzene rings is 1. The van der Waals surface area contributed by atoms with Crippen LogP contribution in [0.1, 0.15) is 17.3 Å². The van der Waals surface area contributed by atoms with Gasteiger partial charge in [-0.25, -0.2) is 0 Å². The summed E-state index contributed by atoms with van der Waals surface area (Å²) >= 11 is 13.0. The lowest BCUT2D eigenvalue weighted by atomic mass is 10.2. The molecule has 100 valence electrons. The molecule has 1 amide bonds. The Balaban J connectivity index is 2.23. The molecule has 0 aliphatic heterocycles. The van der Waals surface area contributed by atoms with E-state index < -0.39 is 5.91 Å². The number of hydrogen-bond acceptors (Lipinski definition) is 6. The summed E-state index contributed by atoms with van der Waals surface area (Å²) in [5.41, 5.74) is 0.300. The molecule has 0 fully saturated rings. The molecule has 1 aromatic heterocycles. The predicted octanol–water partition coefficient (Wildman–Crippen LogP) is 2.89. The number of carbonyl (C=O) groups excluding carboxylic acids is 1. The molecule has 0 atom stereocenters. The maximum Gasteiger partial charge on any atom is 0.257 e. The summed E-state index contributed by atoms with van der Waals surface area (Å²) in [6.07, 6.45) is 0. The van der Waals surface area contributed by atoms with Gasteiger partial charge in [-0.15, -0.1) is 0 Å². The van der Waals surface area contributed by atoms with Gasteiger partial charge in [-0.1, -0.05) is 32.8 Å². The highest BCUT2D eigenvalue weighted by molar-refractivity contribution is 7.09. The maximum absolute atomic E-state index is 11.9. The molecule has 9 heteroatoms. The van der Waals surface area contributed by atoms with Crippen LogP contribution in [0, 0.1) is 0 Å². The van der Waals surface area contributed by atoms with E-state index in [9.17, 15) is 4.79 Å². The number of hydrogen-bond donors (Lipinski definition) is 1. The predicted molar refractivity (Wildman–Crippen MR) is 73.3 cm³/mol. The first-order valence-electron chi connectivity index (χ1n) is 5.20. The van der Waals surface area contributed by atoms with Crippen molar-refractivity contribution in [1.29, 1.82) is 0 Å². The van der Waals surface area contributed by atoms with Gasteiger partial charge in [0.1, 0.15) is 0 Å². The molecule has 0 aliphatic rings. The van der Waals surface area contributed by atoms with Crippen LogP contribution in [0.4, 0.5) is 5.13 Å². The molecule has 2 aromatic rings. The molecule has 1 N–H and O–H groups in total. The Morgan fingerprint density at radius 2 is 2.11 bits per heavy atom. The number of aromatic nitrogens is 3. The topological polar surface area (TPSA) is 77.0 Å². The van der Waals surface area contributed by atoms with E-state index in [1.165, 1.54) is 12.1 Å².